The van der Waals surface area contributed by atoms with Crippen molar-refractivity contribution in [2.75, 3.05) is 0 Å². The molecule has 1 heterocycles. The summed E-state index contributed by atoms with van der Waals surface area (Å²) in [5.41, 5.74) is 4.34. The van der Waals surface area contributed by atoms with Crippen molar-refractivity contribution in [1.82, 2.24) is 4.57 Å². The largest absolute Gasteiger partial charge is 0.313 e. The summed E-state index contributed by atoms with van der Waals surface area (Å²) in [5, 5.41) is 11.0. The summed E-state index contributed by atoms with van der Waals surface area (Å²) < 4.78 is 2.09. The Hall–Kier alpha value is -3.21. The summed E-state index contributed by atoms with van der Waals surface area (Å²) >= 11 is 0. The van der Waals surface area contributed by atoms with E-state index in [2.05, 4.69) is 9.56 Å². The molecule has 0 spiro atoms. The standard InChI is InChI=1S/C19H17N3O2/c1-14-8-10-16(12-19(14)22(23)24)20-13-18-11-9-15(2)21(18)17-6-4-3-5-7-17/h3-13H,1-2H3. The van der Waals surface area contributed by atoms with E-state index in [0.717, 1.165) is 17.1 Å². The maximum atomic E-state index is 11.0. The van der Waals surface area contributed by atoms with Crippen molar-refractivity contribution >= 4 is 17.6 Å². The van der Waals surface area contributed by atoms with Crippen LogP contribution >= 0.6 is 0 Å². The van der Waals surface area contributed by atoms with E-state index in [1.165, 1.54) is 6.07 Å². The van der Waals surface area contributed by atoms with Crippen LogP contribution in [0.15, 0.2) is 65.7 Å². The van der Waals surface area contributed by atoms with E-state index in [-0.39, 0.29) is 10.6 Å². The first-order chi connectivity index (χ1) is 11.6. The smallest absolute Gasteiger partial charge is 0.274 e. The van der Waals surface area contributed by atoms with E-state index in [1.807, 2.05) is 49.4 Å². The fourth-order valence-electron chi connectivity index (χ4n) is 2.60. The lowest BCUT2D eigenvalue weighted by Crippen LogP contribution is -2.00. The molecule has 0 bridgehead atoms. The second-order valence-electron chi connectivity index (χ2n) is 5.56. The Morgan fingerprint density at radius 2 is 1.79 bits per heavy atom. The topological polar surface area (TPSA) is 60.4 Å². The summed E-state index contributed by atoms with van der Waals surface area (Å²) in [6, 6.07) is 19.0. The van der Waals surface area contributed by atoms with E-state index in [0.29, 0.717) is 11.3 Å². The van der Waals surface area contributed by atoms with Crippen molar-refractivity contribution in [3.05, 3.63) is 87.7 Å². The van der Waals surface area contributed by atoms with Crippen LogP contribution < -0.4 is 0 Å². The Balaban J connectivity index is 1.97. The highest BCUT2D eigenvalue weighted by molar-refractivity contribution is 5.81. The van der Waals surface area contributed by atoms with Crippen LogP contribution in [0.4, 0.5) is 11.4 Å². The number of para-hydroxylation sites is 1. The lowest BCUT2D eigenvalue weighted by Gasteiger charge is -2.08. The molecule has 0 amide bonds. The van der Waals surface area contributed by atoms with Crippen LogP contribution in [0.5, 0.6) is 0 Å². The van der Waals surface area contributed by atoms with Crippen LogP contribution in [0.1, 0.15) is 17.0 Å². The number of aliphatic imine (C=N–C) groups is 1. The van der Waals surface area contributed by atoms with Gasteiger partial charge in [-0.25, -0.2) is 0 Å². The number of benzene rings is 2. The van der Waals surface area contributed by atoms with Gasteiger partial charge in [-0.05, 0) is 44.2 Å². The predicted octanol–water partition coefficient (Wildman–Crippen LogP) is 4.75. The quantitative estimate of drug-likeness (QED) is 0.396. The molecule has 0 unspecified atom stereocenters. The minimum absolute atomic E-state index is 0.0827. The Morgan fingerprint density at radius 1 is 1.04 bits per heavy atom. The van der Waals surface area contributed by atoms with Gasteiger partial charge >= 0.3 is 0 Å². The first kappa shape index (κ1) is 15.7. The fraction of sp³-hybridized carbons (Fsp3) is 0.105. The third kappa shape index (κ3) is 3.10. The molecule has 1 aromatic heterocycles. The SMILES string of the molecule is Cc1ccc(N=Cc2ccc(C)n2-c2ccccc2)cc1[N+](=O)[O-]. The van der Waals surface area contributed by atoms with Gasteiger partial charge in [0.25, 0.3) is 5.69 Å². The van der Waals surface area contributed by atoms with Crippen LogP contribution in [-0.2, 0) is 0 Å². The number of nitro groups is 1. The summed E-state index contributed by atoms with van der Waals surface area (Å²) in [5.74, 6) is 0. The van der Waals surface area contributed by atoms with Gasteiger partial charge in [-0.1, -0.05) is 24.3 Å². The predicted molar refractivity (Wildman–Crippen MR) is 95.6 cm³/mol. The van der Waals surface area contributed by atoms with Crippen molar-refractivity contribution in [2.45, 2.75) is 13.8 Å². The average molecular weight is 319 g/mol. The zero-order valence-electron chi connectivity index (χ0n) is 13.5. The summed E-state index contributed by atoms with van der Waals surface area (Å²) in [6.45, 7) is 3.75. The zero-order chi connectivity index (χ0) is 17.1. The van der Waals surface area contributed by atoms with Crippen molar-refractivity contribution in [1.29, 1.82) is 0 Å². The van der Waals surface area contributed by atoms with Gasteiger partial charge in [0, 0.05) is 23.0 Å². The maximum Gasteiger partial charge on any atom is 0.274 e. The number of aromatic nitrogens is 1. The average Bonchev–Trinajstić information content (AvgIpc) is 2.95. The molecule has 2 aromatic carbocycles. The van der Waals surface area contributed by atoms with Gasteiger partial charge in [0.15, 0.2) is 0 Å². The Kier molecular flexibility index (Phi) is 4.24. The van der Waals surface area contributed by atoms with Crippen molar-refractivity contribution < 1.29 is 4.92 Å². The minimum Gasteiger partial charge on any atom is -0.313 e. The van der Waals surface area contributed by atoms with E-state index >= 15 is 0 Å². The number of hydrogen-bond donors (Lipinski definition) is 0. The molecule has 0 aliphatic heterocycles. The number of nitro benzene ring substituents is 1. The summed E-state index contributed by atoms with van der Waals surface area (Å²) in [4.78, 5) is 15.1. The molecule has 0 aliphatic rings. The van der Waals surface area contributed by atoms with E-state index in [4.69, 9.17) is 0 Å². The van der Waals surface area contributed by atoms with Gasteiger partial charge in [0.1, 0.15) is 0 Å². The van der Waals surface area contributed by atoms with E-state index in [9.17, 15) is 10.1 Å². The number of aryl methyl sites for hydroxylation is 2. The normalized spacial score (nSPS) is 11.1. The lowest BCUT2D eigenvalue weighted by atomic mass is 10.2. The molecule has 5 nitrogen and oxygen atoms in total. The fourth-order valence-corrected chi connectivity index (χ4v) is 2.60. The van der Waals surface area contributed by atoms with Crippen LogP contribution in [0, 0.1) is 24.0 Å². The molecule has 24 heavy (non-hydrogen) atoms. The molecule has 0 radical (unpaired) electrons. The lowest BCUT2D eigenvalue weighted by molar-refractivity contribution is -0.385. The Labute approximate surface area is 140 Å². The number of nitrogens with zero attached hydrogens (tertiary/aromatic N) is 3. The zero-order valence-corrected chi connectivity index (χ0v) is 13.5. The van der Waals surface area contributed by atoms with Crippen LogP contribution in [0.2, 0.25) is 0 Å². The van der Waals surface area contributed by atoms with Gasteiger partial charge in [-0.3, -0.25) is 15.1 Å². The van der Waals surface area contributed by atoms with Gasteiger partial charge < -0.3 is 4.57 Å². The van der Waals surface area contributed by atoms with E-state index in [1.54, 1.807) is 25.3 Å². The first-order valence-corrected chi connectivity index (χ1v) is 7.59. The molecule has 0 atom stereocenters. The highest BCUT2D eigenvalue weighted by atomic mass is 16.6. The molecule has 3 rings (SSSR count). The van der Waals surface area contributed by atoms with Crippen LogP contribution in [0.3, 0.4) is 0 Å². The van der Waals surface area contributed by atoms with Gasteiger partial charge in [-0.2, -0.15) is 0 Å². The van der Waals surface area contributed by atoms with Gasteiger partial charge in [0.2, 0.25) is 0 Å². The third-order valence-corrected chi connectivity index (χ3v) is 3.86. The highest BCUT2D eigenvalue weighted by Crippen LogP contribution is 2.24. The molecular formula is C19H17N3O2. The summed E-state index contributed by atoms with van der Waals surface area (Å²) in [7, 11) is 0. The van der Waals surface area contributed by atoms with Gasteiger partial charge in [-0.15, -0.1) is 0 Å². The highest BCUT2D eigenvalue weighted by Gasteiger charge is 2.10. The van der Waals surface area contributed by atoms with Crippen molar-refractivity contribution in [3.63, 3.8) is 0 Å². The van der Waals surface area contributed by atoms with Crippen LogP contribution in [-0.4, -0.2) is 15.7 Å². The second-order valence-corrected chi connectivity index (χ2v) is 5.56. The molecule has 3 aromatic rings. The molecule has 0 saturated heterocycles. The maximum absolute atomic E-state index is 11.0. The minimum atomic E-state index is -0.384. The molecular weight excluding hydrogens is 302 g/mol. The Morgan fingerprint density at radius 3 is 2.50 bits per heavy atom. The molecule has 120 valence electrons. The number of rotatable bonds is 4. The molecule has 0 saturated carbocycles. The molecule has 0 aliphatic carbocycles. The molecule has 5 heteroatoms. The monoisotopic (exact) mass is 319 g/mol. The number of hydrogen-bond acceptors (Lipinski definition) is 3. The second kappa shape index (κ2) is 6.50. The van der Waals surface area contributed by atoms with Crippen molar-refractivity contribution in [2.24, 2.45) is 4.99 Å². The Bertz CT molecular complexity index is 912. The van der Waals surface area contributed by atoms with Crippen LogP contribution in [0.25, 0.3) is 5.69 Å². The summed E-state index contributed by atoms with van der Waals surface area (Å²) in [6.07, 6.45) is 1.73. The third-order valence-electron chi connectivity index (χ3n) is 3.86. The van der Waals surface area contributed by atoms with Crippen molar-refractivity contribution in [3.8, 4) is 5.69 Å². The first-order valence-electron chi connectivity index (χ1n) is 7.59. The van der Waals surface area contributed by atoms with Gasteiger partial charge in [0.05, 0.1) is 22.5 Å². The molecule has 0 fully saturated rings. The van der Waals surface area contributed by atoms with E-state index < -0.39 is 0 Å². The molecule has 0 N–H and O–H groups in total.